The maximum Gasteiger partial charge on any atom is 0.516 e. The molecule has 1 aliphatic rings. The maximum absolute atomic E-state index is 15.4. The van der Waals surface area contributed by atoms with Crippen LogP contribution in [0.1, 0.15) is 52.0 Å². The Hall–Kier alpha value is -3.84. The van der Waals surface area contributed by atoms with Crippen molar-refractivity contribution in [3.8, 4) is 6.07 Å². The minimum atomic E-state index is -0.613. The molecule has 2 atom stereocenters. The van der Waals surface area contributed by atoms with Crippen molar-refractivity contribution in [1.82, 2.24) is 15.0 Å². The summed E-state index contributed by atoms with van der Waals surface area (Å²) in [6.45, 7) is 5.55. The summed E-state index contributed by atoms with van der Waals surface area (Å²) in [6, 6.07) is 8.48. The number of carbonyl (C=O) groups is 1. The average Bonchev–Trinajstić information content (AvgIpc) is 2.88. The van der Waals surface area contributed by atoms with Gasteiger partial charge in [-0.25, -0.2) is 23.8 Å². The molecule has 1 fully saturated rings. The normalized spacial score (nSPS) is 18.1. The molecule has 3 heterocycles. The van der Waals surface area contributed by atoms with Gasteiger partial charge in [0.1, 0.15) is 17.7 Å². The summed E-state index contributed by atoms with van der Waals surface area (Å²) in [5.41, 5.74) is 0.668. The number of nitriles is 1. The molecule has 0 bridgehead atoms. The molecule has 3 aromatic rings. The highest BCUT2D eigenvalue weighted by molar-refractivity contribution is 5.79. The summed E-state index contributed by atoms with van der Waals surface area (Å²) in [5.74, 6) is -0.251. The van der Waals surface area contributed by atoms with Crippen LogP contribution in [0.4, 0.5) is 26.5 Å². The lowest BCUT2D eigenvalue weighted by Crippen LogP contribution is -2.63. The first-order chi connectivity index (χ1) is 17.9. The lowest BCUT2D eigenvalue weighted by atomic mass is 9.87. The monoisotopic (exact) mass is 520 g/mol. The lowest BCUT2D eigenvalue weighted by Gasteiger charge is -2.45. The number of rotatable bonds is 5. The first-order valence-electron chi connectivity index (χ1n) is 12.8. The van der Waals surface area contributed by atoms with Gasteiger partial charge >= 0.3 is 6.09 Å². The van der Waals surface area contributed by atoms with Gasteiger partial charge in [0.15, 0.2) is 23.1 Å². The Bertz CT molecular complexity index is 1380. The molecule has 0 saturated heterocycles. The number of hydrogen-bond donors (Lipinski definition) is 1. The maximum atomic E-state index is 15.4. The molecule has 0 spiro atoms. The molecule has 10 heteroatoms. The number of anilines is 3. The van der Waals surface area contributed by atoms with Crippen LogP contribution in [0.25, 0.3) is 11.0 Å². The molecule has 200 valence electrons. The summed E-state index contributed by atoms with van der Waals surface area (Å²) >= 11 is 0. The topological polar surface area (TPSA) is 104 Å². The highest BCUT2D eigenvalue weighted by Crippen LogP contribution is 2.34. The van der Waals surface area contributed by atoms with E-state index in [4.69, 9.17) is 4.74 Å². The Balaban J connectivity index is 1.66. The second-order valence-corrected chi connectivity index (χ2v) is 11.3. The number of ether oxygens (including phenoxy) is 1. The lowest BCUT2D eigenvalue weighted by molar-refractivity contribution is -0.847. The van der Waals surface area contributed by atoms with E-state index >= 15 is 4.39 Å². The van der Waals surface area contributed by atoms with Gasteiger partial charge in [-0.05, 0) is 57.9 Å². The Morgan fingerprint density at radius 2 is 1.97 bits per heavy atom. The molecule has 38 heavy (non-hydrogen) atoms. The van der Waals surface area contributed by atoms with Crippen LogP contribution in [0.5, 0.6) is 0 Å². The third kappa shape index (κ3) is 5.68. The number of amides is 1. The van der Waals surface area contributed by atoms with Crippen LogP contribution in [0, 0.1) is 17.1 Å². The summed E-state index contributed by atoms with van der Waals surface area (Å²) in [5, 5.41) is 13.6. The van der Waals surface area contributed by atoms with E-state index in [1.807, 2.05) is 59.1 Å². The van der Waals surface area contributed by atoms with Gasteiger partial charge < -0.3 is 15.0 Å². The average molecular weight is 521 g/mol. The van der Waals surface area contributed by atoms with Crippen molar-refractivity contribution in [3.05, 3.63) is 48.0 Å². The van der Waals surface area contributed by atoms with E-state index in [-0.39, 0.29) is 39.9 Å². The smallest absolute Gasteiger partial charge is 0.414 e. The van der Waals surface area contributed by atoms with Gasteiger partial charge in [0.25, 0.3) is 0 Å². The number of quaternary nitrogens is 1. The van der Waals surface area contributed by atoms with Crippen LogP contribution >= 0.6 is 0 Å². The Labute approximate surface area is 222 Å². The fourth-order valence-electron chi connectivity index (χ4n) is 5.05. The molecule has 0 radical (unpaired) electrons. The van der Waals surface area contributed by atoms with Crippen molar-refractivity contribution in [2.24, 2.45) is 0 Å². The number of carbonyl (C=O) groups excluding carboxylic acids is 1. The first-order valence-corrected chi connectivity index (χ1v) is 12.8. The molecule has 1 aliphatic carbocycles. The zero-order chi connectivity index (χ0) is 27.7. The molecule has 0 aromatic carbocycles. The number of nitrogens with one attached hydrogen (secondary N) is 1. The number of pyridine rings is 3. The molecule has 1 saturated carbocycles. The third-order valence-electron chi connectivity index (χ3n) is 7.01. The first kappa shape index (κ1) is 27.2. The second-order valence-electron chi connectivity index (χ2n) is 11.3. The second kappa shape index (κ2) is 10.5. The van der Waals surface area contributed by atoms with Gasteiger partial charge in [-0.15, -0.1) is 0 Å². The van der Waals surface area contributed by atoms with Gasteiger partial charge in [-0.3, -0.25) is 0 Å². The molecule has 4 rings (SSSR count). The number of halogens is 1. The zero-order valence-corrected chi connectivity index (χ0v) is 22.8. The van der Waals surface area contributed by atoms with Crippen LogP contribution in [0.15, 0.2) is 36.7 Å². The molecule has 1 N–H and O–H groups in total. The van der Waals surface area contributed by atoms with Crippen molar-refractivity contribution < 1.29 is 18.4 Å². The minimum absolute atomic E-state index is 0.0199. The number of aromatic nitrogens is 3. The van der Waals surface area contributed by atoms with Crippen LogP contribution < -0.4 is 10.2 Å². The summed E-state index contributed by atoms with van der Waals surface area (Å²) < 4.78 is 21.1. The highest BCUT2D eigenvalue weighted by Gasteiger charge is 2.47. The van der Waals surface area contributed by atoms with Crippen LogP contribution in [0.2, 0.25) is 0 Å². The van der Waals surface area contributed by atoms with Crippen LogP contribution in [0.3, 0.4) is 0 Å². The molecular formula is C28H35FN7O2+. The van der Waals surface area contributed by atoms with Crippen LogP contribution in [-0.2, 0) is 4.74 Å². The van der Waals surface area contributed by atoms with Crippen molar-refractivity contribution in [2.75, 3.05) is 31.4 Å². The Morgan fingerprint density at radius 1 is 1.24 bits per heavy atom. The van der Waals surface area contributed by atoms with Gasteiger partial charge in [-0.1, -0.05) is 6.42 Å². The summed E-state index contributed by atoms with van der Waals surface area (Å²) in [6.07, 6.45) is 6.44. The Morgan fingerprint density at radius 3 is 2.68 bits per heavy atom. The number of likely N-dealkylation sites (N-methyl/N-ethyl adjacent to an activating group) is 2. The minimum Gasteiger partial charge on any atom is -0.414 e. The van der Waals surface area contributed by atoms with Gasteiger partial charge in [0.05, 0.1) is 37.6 Å². The molecule has 0 aliphatic heterocycles. The van der Waals surface area contributed by atoms with Gasteiger partial charge in [0.2, 0.25) is 0 Å². The largest absolute Gasteiger partial charge is 0.516 e. The SMILES string of the molecule is CN(c1nc(Nc2cnc3ncccc3c2)c(C#N)cc1F)C1CCCCC1[N+](C)(C)C(=O)OC(C)(C)C. The van der Waals surface area contributed by atoms with E-state index in [9.17, 15) is 10.1 Å². The van der Waals surface area contributed by atoms with E-state index in [0.717, 1.165) is 31.1 Å². The predicted octanol–water partition coefficient (Wildman–Crippen LogP) is 5.54. The molecule has 3 aromatic heterocycles. The number of hydrogen-bond acceptors (Lipinski definition) is 8. The van der Waals surface area contributed by atoms with Crippen molar-refractivity contribution in [2.45, 2.75) is 64.1 Å². The molecule has 9 nitrogen and oxygen atoms in total. The Kier molecular flexibility index (Phi) is 7.51. The molecule has 2 unspecified atom stereocenters. The van der Waals surface area contributed by atoms with Gasteiger partial charge in [0, 0.05) is 25.1 Å². The summed E-state index contributed by atoms with van der Waals surface area (Å²) in [4.78, 5) is 28.1. The summed E-state index contributed by atoms with van der Waals surface area (Å²) in [7, 11) is 5.49. The van der Waals surface area contributed by atoms with Gasteiger partial charge in [-0.2, -0.15) is 10.1 Å². The quantitative estimate of drug-likeness (QED) is 0.438. The molecular weight excluding hydrogens is 485 g/mol. The van der Waals surface area contributed by atoms with E-state index in [0.29, 0.717) is 11.3 Å². The molecule has 1 amide bonds. The van der Waals surface area contributed by atoms with Crippen LogP contribution in [-0.4, -0.2) is 64.4 Å². The van der Waals surface area contributed by atoms with Crippen molar-refractivity contribution in [3.63, 3.8) is 0 Å². The fourth-order valence-corrected chi connectivity index (χ4v) is 5.05. The number of nitrogens with zero attached hydrogens (tertiary/aromatic N) is 6. The predicted molar refractivity (Wildman–Crippen MR) is 145 cm³/mol. The highest BCUT2D eigenvalue weighted by atomic mass is 19.1. The number of fused-ring (bicyclic) bond motifs is 1. The van der Waals surface area contributed by atoms with E-state index in [1.54, 1.807) is 24.3 Å². The fraction of sp³-hybridized carbons (Fsp3) is 0.464. The van der Waals surface area contributed by atoms with E-state index in [2.05, 4.69) is 20.3 Å². The third-order valence-corrected chi connectivity index (χ3v) is 7.01. The van der Waals surface area contributed by atoms with Crippen molar-refractivity contribution in [1.29, 1.82) is 5.26 Å². The van der Waals surface area contributed by atoms with E-state index in [1.165, 1.54) is 6.07 Å². The van der Waals surface area contributed by atoms with Crippen molar-refractivity contribution >= 4 is 34.4 Å². The van der Waals surface area contributed by atoms with E-state index < -0.39 is 11.4 Å². The zero-order valence-electron chi connectivity index (χ0n) is 22.8. The standard InChI is InChI=1S/C28H35FN7O2/c1-28(2,3)38-27(37)36(5,6)23-12-8-7-11-22(23)35(4)26-21(29)15-19(16-30)25(34-26)33-20-14-18-10-9-13-31-24(18)32-17-20/h9-10,13-15,17,22-23H,7-8,11-12H2,1-6H3,(H,33,34)/q+1.